The van der Waals surface area contributed by atoms with Gasteiger partial charge in [-0.3, -0.25) is 0 Å². The van der Waals surface area contributed by atoms with Crippen LogP contribution in [0.4, 0.5) is 0 Å². The van der Waals surface area contributed by atoms with Crippen molar-refractivity contribution in [3.05, 3.63) is 23.8 Å². The van der Waals surface area contributed by atoms with Crippen molar-refractivity contribution in [2.75, 3.05) is 19.8 Å². The van der Waals surface area contributed by atoms with Gasteiger partial charge in [0.05, 0.1) is 25.4 Å². The van der Waals surface area contributed by atoms with Crippen LogP contribution in [0.2, 0.25) is 0 Å². The molecule has 2 aliphatic rings. The summed E-state index contributed by atoms with van der Waals surface area (Å²) in [6.07, 6.45) is -3.54. The van der Waals surface area contributed by atoms with Crippen LogP contribution < -0.4 is 4.74 Å². The first-order valence-electron chi connectivity index (χ1n) is 6.22. The molecule has 1 saturated heterocycles. The highest BCUT2D eigenvalue weighted by atomic mass is 16.6. The first-order chi connectivity index (χ1) is 9.18. The molecule has 19 heavy (non-hydrogen) atoms. The average molecular weight is 268 g/mol. The maximum Gasteiger partial charge on any atom is 0.156 e. The van der Waals surface area contributed by atoms with Gasteiger partial charge in [0.2, 0.25) is 0 Å². The number of phenols is 1. The first kappa shape index (κ1) is 12.7. The Morgan fingerprint density at radius 2 is 2.00 bits per heavy atom. The molecular weight excluding hydrogens is 252 g/mol. The molecule has 0 aliphatic carbocycles. The molecule has 0 amide bonds. The Hall–Kier alpha value is -1.34. The molecule has 0 saturated carbocycles. The Morgan fingerprint density at radius 1 is 1.16 bits per heavy atom. The minimum absolute atomic E-state index is 0.0942. The van der Waals surface area contributed by atoms with Crippen molar-refractivity contribution in [1.29, 1.82) is 0 Å². The predicted octanol–water partition coefficient (Wildman–Crippen LogP) is -0.0371. The number of phenolic OH excluding ortho intramolecular Hbond substituents is 1. The second kappa shape index (κ2) is 4.97. The zero-order valence-corrected chi connectivity index (χ0v) is 10.2. The van der Waals surface area contributed by atoms with Gasteiger partial charge in [0, 0.05) is 0 Å². The van der Waals surface area contributed by atoms with E-state index in [-0.39, 0.29) is 11.3 Å². The minimum Gasteiger partial charge on any atom is -0.507 e. The number of hydrogen-bond acceptors (Lipinski definition) is 6. The molecule has 3 N–H and O–H groups in total. The lowest BCUT2D eigenvalue weighted by molar-refractivity contribution is -0.171. The largest absolute Gasteiger partial charge is 0.507 e. The van der Waals surface area contributed by atoms with Crippen molar-refractivity contribution in [1.82, 2.24) is 0 Å². The molecule has 1 aromatic rings. The summed E-state index contributed by atoms with van der Waals surface area (Å²) in [6, 6.07) is 4.70. The van der Waals surface area contributed by atoms with Crippen molar-refractivity contribution in [3.8, 4) is 11.5 Å². The zero-order chi connectivity index (χ0) is 13.4. The number of aromatic hydroxyl groups is 1. The van der Waals surface area contributed by atoms with E-state index >= 15 is 0 Å². The van der Waals surface area contributed by atoms with E-state index in [4.69, 9.17) is 14.2 Å². The SMILES string of the molecule is Oc1cccc2c1C(O)C(O)C(C1COCCO1)O2. The highest BCUT2D eigenvalue weighted by Gasteiger charge is 2.43. The van der Waals surface area contributed by atoms with Gasteiger partial charge in [-0.25, -0.2) is 0 Å². The summed E-state index contributed by atoms with van der Waals surface area (Å²) in [5.41, 5.74) is 0.211. The molecule has 0 radical (unpaired) electrons. The number of rotatable bonds is 1. The van der Waals surface area contributed by atoms with Gasteiger partial charge in [-0.05, 0) is 12.1 Å². The van der Waals surface area contributed by atoms with Gasteiger partial charge in [0.1, 0.15) is 29.8 Å². The molecule has 6 heteroatoms. The molecule has 0 bridgehead atoms. The van der Waals surface area contributed by atoms with Crippen LogP contribution >= 0.6 is 0 Å². The number of ether oxygens (including phenoxy) is 3. The van der Waals surface area contributed by atoms with E-state index in [0.29, 0.717) is 25.6 Å². The third-order valence-corrected chi connectivity index (χ3v) is 3.47. The normalized spacial score (nSPS) is 34.4. The summed E-state index contributed by atoms with van der Waals surface area (Å²) < 4.78 is 16.4. The smallest absolute Gasteiger partial charge is 0.156 e. The van der Waals surface area contributed by atoms with Crippen LogP contribution in [0.3, 0.4) is 0 Å². The molecule has 104 valence electrons. The lowest BCUT2D eigenvalue weighted by atomic mass is 9.92. The maximum atomic E-state index is 10.1. The fourth-order valence-electron chi connectivity index (χ4n) is 2.49. The molecule has 1 aromatic carbocycles. The standard InChI is InChI=1S/C13H16O6/c14-7-2-1-3-8-10(7)11(15)12(16)13(19-8)9-6-17-4-5-18-9/h1-3,9,11-16H,4-6H2. The Kier molecular flexibility index (Phi) is 3.32. The lowest BCUT2D eigenvalue weighted by Crippen LogP contribution is -2.52. The lowest BCUT2D eigenvalue weighted by Gasteiger charge is -2.39. The summed E-state index contributed by atoms with van der Waals surface area (Å²) in [5.74, 6) is 0.264. The van der Waals surface area contributed by atoms with Crippen LogP contribution in [0.15, 0.2) is 18.2 Å². The predicted molar refractivity (Wildman–Crippen MR) is 64.0 cm³/mol. The molecule has 2 aliphatic heterocycles. The Balaban J connectivity index is 1.90. The minimum atomic E-state index is -1.21. The summed E-state index contributed by atoms with van der Waals surface area (Å²) in [6.45, 7) is 1.25. The van der Waals surface area contributed by atoms with E-state index in [9.17, 15) is 15.3 Å². The summed E-state index contributed by atoms with van der Waals surface area (Å²) in [5, 5.41) is 30.0. The number of benzene rings is 1. The van der Waals surface area contributed by atoms with E-state index in [1.165, 1.54) is 6.07 Å². The number of fused-ring (bicyclic) bond motifs is 1. The van der Waals surface area contributed by atoms with Crippen molar-refractivity contribution >= 4 is 0 Å². The summed E-state index contributed by atoms with van der Waals surface area (Å²) >= 11 is 0. The topological polar surface area (TPSA) is 88.4 Å². The van der Waals surface area contributed by atoms with Crippen LogP contribution in [0.1, 0.15) is 11.7 Å². The van der Waals surface area contributed by atoms with Gasteiger partial charge in [-0.15, -0.1) is 0 Å². The van der Waals surface area contributed by atoms with Crippen LogP contribution in [0.5, 0.6) is 11.5 Å². The van der Waals surface area contributed by atoms with E-state index in [1.807, 2.05) is 0 Å². The highest BCUT2D eigenvalue weighted by molar-refractivity contribution is 5.47. The van der Waals surface area contributed by atoms with E-state index in [2.05, 4.69) is 0 Å². The molecule has 4 atom stereocenters. The molecule has 1 fully saturated rings. The fourth-order valence-corrected chi connectivity index (χ4v) is 2.49. The molecule has 0 spiro atoms. The van der Waals surface area contributed by atoms with Crippen molar-refractivity contribution in [2.24, 2.45) is 0 Å². The van der Waals surface area contributed by atoms with Gasteiger partial charge in [0.15, 0.2) is 6.10 Å². The second-order valence-electron chi connectivity index (χ2n) is 4.69. The van der Waals surface area contributed by atoms with Gasteiger partial charge in [-0.2, -0.15) is 0 Å². The average Bonchev–Trinajstić information content (AvgIpc) is 2.43. The number of aliphatic hydroxyl groups excluding tert-OH is 2. The monoisotopic (exact) mass is 268 g/mol. The van der Waals surface area contributed by atoms with Crippen molar-refractivity contribution in [2.45, 2.75) is 24.4 Å². The Labute approximate surface area is 110 Å². The van der Waals surface area contributed by atoms with E-state index < -0.39 is 24.4 Å². The van der Waals surface area contributed by atoms with Gasteiger partial charge >= 0.3 is 0 Å². The molecule has 0 aromatic heterocycles. The van der Waals surface area contributed by atoms with Gasteiger partial charge < -0.3 is 29.5 Å². The van der Waals surface area contributed by atoms with Crippen molar-refractivity contribution in [3.63, 3.8) is 0 Å². The summed E-state index contributed by atoms with van der Waals surface area (Å²) in [7, 11) is 0. The quantitative estimate of drug-likeness (QED) is 0.662. The molecule has 3 rings (SSSR count). The van der Waals surface area contributed by atoms with E-state index in [0.717, 1.165) is 0 Å². The zero-order valence-electron chi connectivity index (χ0n) is 10.2. The highest BCUT2D eigenvalue weighted by Crippen LogP contribution is 2.41. The molecular formula is C13H16O6. The molecule has 6 nitrogen and oxygen atoms in total. The Morgan fingerprint density at radius 3 is 2.74 bits per heavy atom. The van der Waals surface area contributed by atoms with Crippen LogP contribution in [-0.4, -0.2) is 53.5 Å². The Bertz CT molecular complexity index is 456. The molecule has 2 heterocycles. The summed E-state index contributed by atoms with van der Waals surface area (Å²) in [4.78, 5) is 0. The maximum absolute atomic E-state index is 10.1. The fraction of sp³-hybridized carbons (Fsp3) is 0.538. The van der Waals surface area contributed by atoms with Crippen LogP contribution in [0, 0.1) is 0 Å². The van der Waals surface area contributed by atoms with Crippen LogP contribution in [0.25, 0.3) is 0 Å². The van der Waals surface area contributed by atoms with Gasteiger partial charge in [0.25, 0.3) is 0 Å². The second-order valence-corrected chi connectivity index (χ2v) is 4.69. The first-order valence-corrected chi connectivity index (χ1v) is 6.22. The van der Waals surface area contributed by atoms with E-state index in [1.54, 1.807) is 12.1 Å². The third-order valence-electron chi connectivity index (χ3n) is 3.47. The number of aliphatic hydroxyl groups is 2. The van der Waals surface area contributed by atoms with Crippen molar-refractivity contribution < 1.29 is 29.5 Å². The molecule has 4 unspecified atom stereocenters. The third kappa shape index (κ3) is 2.17. The van der Waals surface area contributed by atoms with Crippen LogP contribution in [-0.2, 0) is 9.47 Å². The van der Waals surface area contributed by atoms with Gasteiger partial charge in [-0.1, -0.05) is 6.07 Å². The number of hydrogen-bond donors (Lipinski definition) is 3.